The maximum Gasteiger partial charge on any atom is 0.329 e. The number of rotatable bonds is 24. The lowest BCUT2D eigenvalue weighted by atomic mass is 10.0. The van der Waals surface area contributed by atoms with E-state index in [-0.39, 0.29) is 0 Å². The van der Waals surface area contributed by atoms with Gasteiger partial charge in [0, 0.05) is 0 Å². The normalized spacial score (nSPS) is 12.5. The molecule has 0 aromatic heterocycles. The van der Waals surface area contributed by atoms with Crippen molar-refractivity contribution in [1.29, 1.82) is 0 Å². The lowest BCUT2D eigenvalue weighted by molar-refractivity contribution is 0.193. The largest absolute Gasteiger partial charge is 0.329 e. The lowest BCUT2D eigenvalue weighted by Gasteiger charge is -2.10. The third-order valence-corrected chi connectivity index (χ3v) is 6.21. The summed E-state index contributed by atoms with van der Waals surface area (Å²) in [4.78, 5) is 9.71. The number of unbranched alkanes of at least 4 members (excludes halogenated alkanes) is 18. The second kappa shape index (κ2) is 25.3. The molecule has 0 spiro atoms. The molecule has 1 unspecified atom stereocenters. The first-order valence-corrected chi connectivity index (χ1v) is 13.7. The summed E-state index contributed by atoms with van der Waals surface area (Å²) in [5.74, 6) is 0. The zero-order chi connectivity index (χ0) is 20.5. The van der Waals surface area contributed by atoms with E-state index in [9.17, 15) is 4.89 Å². The van der Waals surface area contributed by atoms with Gasteiger partial charge in [0.25, 0.3) is 0 Å². The van der Waals surface area contributed by atoms with E-state index in [0.717, 1.165) is 12.8 Å². The molecule has 0 aromatic rings. The van der Waals surface area contributed by atoms with Crippen molar-refractivity contribution in [3.05, 3.63) is 0 Å². The van der Waals surface area contributed by atoms with Gasteiger partial charge in [-0.2, -0.15) is 0 Å². The van der Waals surface area contributed by atoms with E-state index in [1.54, 1.807) is 0 Å². The molecule has 0 heterocycles. The van der Waals surface area contributed by atoms with Crippen LogP contribution < -0.4 is 0 Å². The minimum Gasteiger partial charge on any atom is -0.328 e. The van der Waals surface area contributed by atoms with Crippen molar-refractivity contribution < 1.29 is 13.9 Å². The first kappa shape index (κ1) is 28.3. The highest BCUT2D eigenvalue weighted by atomic mass is 31.2. The summed E-state index contributed by atoms with van der Waals surface area (Å²) >= 11 is 0. The molecule has 0 saturated heterocycles. The van der Waals surface area contributed by atoms with Crippen LogP contribution in [0.4, 0.5) is 0 Å². The molecule has 0 aliphatic carbocycles. The van der Waals surface area contributed by atoms with Crippen molar-refractivity contribution in [2.75, 3.05) is 13.2 Å². The first-order chi connectivity index (χ1) is 13.8. The predicted molar refractivity (Wildman–Crippen MR) is 125 cm³/mol. The Bertz CT molecular complexity index is 277. The fourth-order valence-corrected chi connectivity index (χ4v) is 4.15. The van der Waals surface area contributed by atoms with Gasteiger partial charge in [-0.15, -0.1) is 0 Å². The van der Waals surface area contributed by atoms with Crippen LogP contribution in [-0.2, 0) is 9.05 Å². The van der Waals surface area contributed by atoms with Gasteiger partial charge in [0.15, 0.2) is 0 Å². The van der Waals surface area contributed by atoms with Gasteiger partial charge in [-0.25, -0.2) is 0 Å². The molecule has 170 valence electrons. The molecule has 1 N–H and O–H groups in total. The van der Waals surface area contributed by atoms with Crippen LogP contribution in [0, 0.1) is 0 Å². The molecule has 0 saturated carbocycles. The first-order valence-electron chi connectivity index (χ1n) is 12.6. The van der Waals surface area contributed by atoms with Crippen LogP contribution in [0.1, 0.15) is 142 Å². The monoisotopic (exact) mass is 418 g/mol. The molecule has 28 heavy (non-hydrogen) atoms. The molecular weight excluding hydrogens is 367 g/mol. The Labute approximate surface area is 178 Å². The molecule has 0 rings (SSSR count). The van der Waals surface area contributed by atoms with Gasteiger partial charge in [-0.05, 0) is 12.8 Å². The van der Waals surface area contributed by atoms with Crippen LogP contribution in [0.5, 0.6) is 0 Å². The Morgan fingerprint density at radius 3 is 0.964 bits per heavy atom. The fourth-order valence-electron chi connectivity index (χ4n) is 3.50. The summed E-state index contributed by atoms with van der Waals surface area (Å²) < 4.78 is 10.8. The second-order valence-electron chi connectivity index (χ2n) is 8.27. The van der Waals surface area contributed by atoms with Crippen molar-refractivity contribution in [2.24, 2.45) is 0 Å². The third-order valence-electron chi connectivity index (χ3n) is 5.40. The van der Waals surface area contributed by atoms with Gasteiger partial charge in [0.2, 0.25) is 0 Å². The topological polar surface area (TPSA) is 38.7 Å². The van der Waals surface area contributed by atoms with E-state index in [1.165, 1.54) is 116 Å². The van der Waals surface area contributed by atoms with Crippen LogP contribution >= 0.6 is 8.60 Å². The molecule has 0 fully saturated rings. The summed E-state index contributed by atoms with van der Waals surface area (Å²) in [7, 11) is -1.65. The standard InChI is InChI=1S/C24H51O3P/c1-3-5-7-9-11-12-13-14-15-16-17-18-20-22-24-27-28(25)26-23-21-19-10-8-6-4-2/h25H,3-24H2,1-2H3. The van der Waals surface area contributed by atoms with Crippen LogP contribution in [0.2, 0.25) is 0 Å². The second-order valence-corrected chi connectivity index (χ2v) is 9.26. The van der Waals surface area contributed by atoms with Gasteiger partial charge in [-0.1, -0.05) is 129 Å². The van der Waals surface area contributed by atoms with Crippen molar-refractivity contribution in [3.63, 3.8) is 0 Å². The Morgan fingerprint density at radius 2 is 0.679 bits per heavy atom. The molecule has 0 amide bonds. The maximum absolute atomic E-state index is 9.71. The molecule has 1 atom stereocenters. The molecular formula is C24H51O3P. The van der Waals surface area contributed by atoms with Gasteiger partial charge in [0.05, 0.1) is 13.2 Å². The van der Waals surface area contributed by atoms with Crippen molar-refractivity contribution >= 4 is 8.60 Å². The number of hydrogen-bond donors (Lipinski definition) is 1. The minimum atomic E-state index is -1.65. The molecule has 0 aliphatic heterocycles. The molecule has 0 aromatic carbocycles. The van der Waals surface area contributed by atoms with E-state index in [4.69, 9.17) is 9.05 Å². The van der Waals surface area contributed by atoms with E-state index >= 15 is 0 Å². The van der Waals surface area contributed by atoms with Crippen LogP contribution in [0.3, 0.4) is 0 Å². The zero-order valence-electron chi connectivity index (χ0n) is 19.3. The highest BCUT2D eigenvalue weighted by Crippen LogP contribution is 2.33. The zero-order valence-corrected chi connectivity index (χ0v) is 20.2. The minimum absolute atomic E-state index is 0.632. The quantitative estimate of drug-likeness (QED) is 0.125. The maximum atomic E-state index is 9.71. The average molecular weight is 419 g/mol. The van der Waals surface area contributed by atoms with Gasteiger partial charge in [-0.3, -0.25) is 0 Å². The SMILES string of the molecule is CCCCCCCCCCCCCCCCOP(O)OCCCCCCCC. The van der Waals surface area contributed by atoms with Crippen molar-refractivity contribution in [3.8, 4) is 0 Å². The van der Waals surface area contributed by atoms with Crippen LogP contribution in [0.25, 0.3) is 0 Å². The van der Waals surface area contributed by atoms with Crippen molar-refractivity contribution in [2.45, 2.75) is 142 Å². The highest BCUT2D eigenvalue weighted by Gasteiger charge is 2.05. The van der Waals surface area contributed by atoms with Crippen molar-refractivity contribution in [1.82, 2.24) is 0 Å². The third kappa shape index (κ3) is 24.3. The summed E-state index contributed by atoms with van der Waals surface area (Å²) in [6.45, 7) is 5.78. The van der Waals surface area contributed by atoms with E-state index < -0.39 is 8.60 Å². The average Bonchev–Trinajstić information content (AvgIpc) is 2.70. The highest BCUT2D eigenvalue weighted by molar-refractivity contribution is 7.40. The lowest BCUT2D eigenvalue weighted by Crippen LogP contribution is -1.95. The molecule has 0 radical (unpaired) electrons. The summed E-state index contributed by atoms with van der Waals surface area (Å²) in [5, 5.41) is 0. The smallest absolute Gasteiger partial charge is 0.328 e. The van der Waals surface area contributed by atoms with Gasteiger partial charge < -0.3 is 13.9 Å². The molecule has 0 aliphatic rings. The fraction of sp³-hybridized carbons (Fsp3) is 1.00. The number of hydrogen-bond acceptors (Lipinski definition) is 3. The molecule has 4 heteroatoms. The van der Waals surface area contributed by atoms with Gasteiger partial charge >= 0.3 is 8.60 Å². The Hall–Kier alpha value is 0.310. The van der Waals surface area contributed by atoms with E-state index in [2.05, 4.69) is 13.8 Å². The Balaban J connectivity index is 3.10. The van der Waals surface area contributed by atoms with Crippen LogP contribution in [-0.4, -0.2) is 18.1 Å². The summed E-state index contributed by atoms with van der Waals surface area (Å²) in [5.41, 5.74) is 0. The predicted octanol–water partition coefficient (Wildman–Crippen LogP) is 9.08. The summed E-state index contributed by atoms with van der Waals surface area (Å²) in [6, 6.07) is 0. The Kier molecular flexibility index (Phi) is 25.6. The molecule has 3 nitrogen and oxygen atoms in total. The van der Waals surface area contributed by atoms with E-state index in [1.807, 2.05) is 0 Å². The van der Waals surface area contributed by atoms with Gasteiger partial charge in [0.1, 0.15) is 0 Å². The van der Waals surface area contributed by atoms with Crippen LogP contribution in [0.15, 0.2) is 0 Å². The Morgan fingerprint density at radius 1 is 0.429 bits per heavy atom. The summed E-state index contributed by atoms with van der Waals surface area (Å²) in [6.07, 6.45) is 26.5. The molecule has 0 bridgehead atoms. The van der Waals surface area contributed by atoms with E-state index in [0.29, 0.717) is 13.2 Å².